The predicted octanol–water partition coefficient (Wildman–Crippen LogP) is 1.56. The van der Waals surface area contributed by atoms with Crippen molar-refractivity contribution in [3.05, 3.63) is 24.2 Å². The maximum Gasteiger partial charge on any atom is 0.230 e. The number of ether oxygens (including phenoxy) is 1. The van der Waals surface area contributed by atoms with Crippen molar-refractivity contribution >= 4 is 11.8 Å². The minimum Gasteiger partial charge on any atom is -0.469 e. The number of carbonyl (C=O) groups is 2. The quantitative estimate of drug-likeness (QED) is 0.838. The summed E-state index contributed by atoms with van der Waals surface area (Å²) in [5.41, 5.74) is 0.0865. The highest BCUT2D eigenvalue weighted by Gasteiger charge is 2.49. The van der Waals surface area contributed by atoms with Crippen LogP contribution in [-0.2, 0) is 20.7 Å². The number of likely N-dealkylation sites (tertiary alicyclic amines) is 2. The number of furan rings is 1. The Morgan fingerprint density at radius 3 is 2.67 bits per heavy atom. The average Bonchev–Trinajstić information content (AvgIpc) is 3.18. The van der Waals surface area contributed by atoms with Crippen LogP contribution in [0.25, 0.3) is 0 Å². The summed E-state index contributed by atoms with van der Waals surface area (Å²) < 4.78 is 10.7. The Labute approximate surface area is 142 Å². The second-order valence-electron chi connectivity index (χ2n) is 7.05. The standard InChI is InChI=1S/C18H26N2O4/c1-14(21)20-11-15(12-23-2)18(13-20)5-7-19(8-6-18)17(22)10-16-4-3-9-24-16/h3-4,9,15H,5-8,10-13H2,1-2H3. The minimum absolute atomic E-state index is 0.0865. The van der Waals surface area contributed by atoms with Crippen molar-refractivity contribution in [2.75, 3.05) is 39.9 Å². The number of piperidine rings is 1. The molecule has 6 nitrogen and oxygen atoms in total. The van der Waals surface area contributed by atoms with E-state index < -0.39 is 0 Å². The molecule has 3 heterocycles. The molecule has 2 fully saturated rings. The monoisotopic (exact) mass is 334 g/mol. The lowest BCUT2D eigenvalue weighted by Gasteiger charge is -2.42. The van der Waals surface area contributed by atoms with Crippen LogP contribution in [0.2, 0.25) is 0 Å². The summed E-state index contributed by atoms with van der Waals surface area (Å²) in [5, 5.41) is 0. The summed E-state index contributed by atoms with van der Waals surface area (Å²) in [6.45, 7) is 5.34. The lowest BCUT2D eigenvalue weighted by molar-refractivity contribution is -0.134. The third kappa shape index (κ3) is 3.34. The van der Waals surface area contributed by atoms with Gasteiger partial charge in [0, 0.05) is 46.1 Å². The van der Waals surface area contributed by atoms with E-state index in [2.05, 4.69) is 0 Å². The van der Waals surface area contributed by atoms with Crippen molar-refractivity contribution in [3.63, 3.8) is 0 Å². The average molecular weight is 334 g/mol. The van der Waals surface area contributed by atoms with Gasteiger partial charge in [-0.15, -0.1) is 0 Å². The summed E-state index contributed by atoms with van der Waals surface area (Å²) >= 11 is 0. The third-order valence-corrected chi connectivity index (χ3v) is 5.64. The van der Waals surface area contributed by atoms with Gasteiger partial charge in [0.15, 0.2) is 0 Å². The van der Waals surface area contributed by atoms with Gasteiger partial charge in [0.1, 0.15) is 5.76 Å². The predicted molar refractivity (Wildman–Crippen MR) is 88.3 cm³/mol. The SMILES string of the molecule is COCC1CN(C(C)=O)CC12CCN(C(=O)Cc1ccco1)CC2. The van der Waals surface area contributed by atoms with Gasteiger partial charge in [-0.05, 0) is 30.4 Å². The highest BCUT2D eigenvalue weighted by molar-refractivity contribution is 5.78. The van der Waals surface area contributed by atoms with Crippen LogP contribution in [0, 0.1) is 11.3 Å². The van der Waals surface area contributed by atoms with Crippen molar-refractivity contribution < 1.29 is 18.7 Å². The molecule has 1 spiro atoms. The lowest BCUT2D eigenvalue weighted by Crippen LogP contribution is -2.47. The number of hydrogen-bond donors (Lipinski definition) is 0. The van der Waals surface area contributed by atoms with Gasteiger partial charge in [0.2, 0.25) is 11.8 Å². The normalized spacial score (nSPS) is 23.0. The number of amides is 2. The molecule has 0 saturated carbocycles. The number of nitrogens with zero attached hydrogens (tertiary/aromatic N) is 2. The van der Waals surface area contributed by atoms with E-state index in [0.29, 0.717) is 24.7 Å². The molecule has 1 unspecified atom stereocenters. The Morgan fingerprint density at radius 2 is 2.08 bits per heavy atom. The van der Waals surface area contributed by atoms with Gasteiger partial charge in [-0.25, -0.2) is 0 Å². The van der Waals surface area contributed by atoms with E-state index in [1.807, 2.05) is 15.9 Å². The van der Waals surface area contributed by atoms with Crippen LogP contribution < -0.4 is 0 Å². The molecule has 1 atom stereocenters. The van der Waals surface area contributed by atoms with Crippen molar-refractivity contribution in [1.29, 1.82) is 0 Å². The number of carbonyl (C=O) groups excluding carboxylic acids is 2. The first kappa shape index (κ1) is 17.0. The van der Waals surface area contributed by atoms with Crippen LogP contribution >= 0.6 is 0 Å². The molecule has 0 radical (unpaired) electrons. The van der Waals surface area contributed by atoms with Crippen molar-refractivity contribution in [1.82, 2.24) is 9.80 Å². The van der Waals surface area contributed by atoms with Gasteiger partial charge < -0.3 is 19.0 Å². The highest BCUT2D eigenvalue weighted by Crippen LogP contribution is 2.44. The summed E-state index contributed by atoms with van der Waals surface area (Å²) in [6, 6.07) is 3.64. The molecule has 2 aliphatic heterocycles. The van der Waals surface area contributed by atoms with Crippen LogP contribution in [-0.4, -0.2) is 61.5 Å². The Morgan fingerprint density at radius 1 is 1.33 bits per heavy atom. The summed E-state index contributed by atoms with van der Waals surface area (Å²) in [5.74, 6) is 1.31. The van der Waals surface area contributed by atoms with Gasteiger partial charge in [-0.1, -0.05) is 0 Å². The Hall–Kier alpha value is -1.82. The van der Waals surface area contributed by atoms with Crippen molar-refractivity contribution in [3.8, 4) is 0 Å². The van der Waals surface area contributed by atoms with E-state index in [1.165, 1.54) is 0 Å². The molecular formula is C18H26N2O4. The lowest BCUT2D eigenvalue weighted by atomic mass is 9.71. The Balaban J connectivity index is 1.62. The molecule has 0 N–H and O–H groups in total. The first-order valence-corrected chi connectivity index (χ1v) is 8.59. The Bertz CT molecular complexity index is 576. The fraction of sp³-hybridized carbons (Fsp3) is 0.667. The molecule has 24 heavy (non-hydrogen) atoms. The summed E-state index contributed by atoms with van der Waals surface area (Å²) in [6.07, 6.45) is 3.77. The van der Waals surface area contributed by atoms with Crippen molar-refractivity contribution in [2.45, 2.75) is 26.2 Å². The molecule has 132 valence electrons. The molecule has 0 bridgehead atoms. The van der Waals surface area contributed by atoms with Gasteiger partial charge in [0.05, 0.1) is 19.3 Å². The molecule has 0 aliphatic carbocycles. The highest BCUT2D eigenvalue weighted by atomic mass is 16.5. The van der Waals surface area contributed by atoms with Crippen LogP contribution in [0.15, 0.2) is 22.8 Å². The van der Waals surface area contributed by atoms with E-state index in [-0.39, 0.29) is 17.2 Å². The van der Waals surface area contributed by atoms with E-state index in [0.717, 1.165) is 39.0 Å². The van der Waals surface area contributed by atoms with Crippen LogP contribution in [0.5, 0.6) is 0 Å². The Kier molecular flexibility index (Phi) is 4.94. The third-order valence-electron chi connectivity index (χ3n) is 5.64. The molecule has 3 rings (SSSR count). The summed E-state index contributed by atoms with van der Waals surface area (Å²) in [4.78, 5) is 28.1. The molecule has 2 amide bonds. The largest absolute Gasteiger partial charge is 0.469 e. The fourth-order valence-corrected chi connectivity index (χ4v) is 4.15. The zero-order valence-corrected chi connectivity index (χ0v) is 14.5. The smallest absolute Gasteiger partial charge is 0.230 e. The van der Waals surface area contributed by atoms with Gasteiger partial charge in [-0.3, -0.25) is 9.59 Å². The van der Waals surface area contributed by atoms with Gasteiger partial charge in [-0.2, -0.15) is 0 Å². The molecule has 2 saturated heterocycles. The van der Waals surface area contributed by atoms with Crippen LogP contribution in [0.1, 0.15) is 25.5 Å². The molecule has 1 aromatic rings. The number of rotatable bonds is 4. The zero-order chi connectivity index (χ0) is 17.2. The minimum atomic E-state index is 0.0865. The first-order valence-electron chi connectivity index (χ1n) is 8.59. The van der Waals surface area contributed by atoms with E-state index in [4.69, 9.17) is 9.15 Å². The fourth-order valence-electron chi connectivity index (χ4n) is 4.15. The maximum atomic E-state index is 12.4. The van der Waals surface area contributed by atoms with E-state index in [9.17, 15) is 9.59 Å². The molecule has 6 heteroatoms. The van der Waals surface area contributed by atoms with Crippen LogP contribution in [0.4, 0.5) is 0 Å². The molecule has 0 aromatic carbocycles. The number of hydrogen-bond acceptors (Lipinski definition) is 4. The second-order valence-corrected chi connectivity index (χ2v) is 7.05. The zero-order valence-electron chi connectivity index (χ0n) is 14.5. The molecule has 2 aliphatic rings. The molecular weight excluding hydrogens is 308 g/mol. The van der Waals surface area contributed by atoms with E-state index >= 15 is 0 Å². The second kappa shape index (κ2) is 6.97. The van der Waals surface area contributed by atoms with Crippen LogP contribution in [0.3, 0.4) is 0 Å². The number of methoxy groups -OCH3 is 1. The molecule has 1 aromatic heterocycles. The topological polar surface area (TPSA) is 63.0 Å². The first-order chi connectivity index (χ1) is 11.5. The van der Waals surface area contributed by atoms with E-state index in [1.54, 1.807) is 26.4 Å². The maximum absolute atomic E-state index is 12.4. The van der Waals surface area contributed by atoms with Crippen molar-refractivity contribution in [2.24, 2.45) is 11.3 Å². The summed E-state index contributed by atoms with van der Waals surface area (Å²) in [7, 11) is 1.71. The van der Waals surface area contributed by atoms with Gasteiger partial charge in [0.25, 0.3) is 0 Å². The van der Waals surface area contributed by atoms with Gasteiger partial charge >= 0.3 is 0 Å².